The van der Waals surface area contributed by atoms with Gasteiger partial charge in [0.15, 0.2) is 12.4 Å². The number of carbonyl (C=O) groups excluding carboxylic acids is 2. The molecule has 0 heterocycles. The number of rotatable bonds is 9. The standard InChI is InChI=1S/C16H24N2O3.ClH/c1-4-18(5-2)11-10-17-16(20)12-21-15-8-6-14(7-9-15)13(3)19;/h6-9H,4-5,10-12H2,1-3H3,(H,17,20);1H. The molecule has 1 aromatic rings. The summed E-state index contributed by atoms with van der Waals surface area (Å²) < 4.78 is 5.38. The zero-order valence-electron chi connectivity index (χ0n) is 13.4. The van der Waals surface area contributed by atoms with Crippen molar-refractivity contribution < 1.29 is 14.3 Å². The number of ether oxygens (including phenoxy) is 1. The lowest BCUT2D eigenvalue weighted by molar-refractivity contribution is -0.123. The topological polar surface area (TPSA) is 58.6 Å². The number of likely N-dealkylation sites (N-methyl/N-ethyl adjacent to an activating group) is 1. The first-order chi connectivity index (χ1) is 10.1. The third kappa shape index (κ3) is 7.43. The van der Waals surface area contributed by atoms with E-state index in [1.54, 1.807) is 24.3 Å². The van der Waals surface area contributed by atoms with E-state index in [-0.39, 0.29) is 30.7 Å². The Labute approximate surface area is 138 Å². The number of hydrogen-bond acceptors (Lipinski definition) is 4. The van der Waals surface area contributed by atoms with Crippen LogP contribution >= 0.6 is 12.4 Å². The Morgan fingerprint density at radius 3 is 2.23 bits per heavy atom. The minimum atomic E-state index is -0.141. The molecule has 1 rings (SSSR count). The molecule has 0 fully saturated rings. The van der Waals surface area contributed by atoms with Gasteiger partial charge in [0.1, 0.15) is 5.75 Å². The van der Waals surface area contributed by atoms with Crippen molar-refractivity contribution in [2.45, 2.75) is 20.8 Å². The Bertz CT molecular complexity index is 459. The van der Waals surface area contributed by atoms with Crippen LogP contribution in [0.3, 0.4) is 0 Å². The van der Waals surface area contributed by atoms with Crippen LogP contribution in [-0.4, -0.2) is 49.4 Å². The van der Waals surface area contributed by atoms with Crippen molar-refractivity contribution in [3.8, 4) is 5.75 Å². The minimum absolute atomic E-state index is 0. The molecule has 0 atom stereocenters. The molecule has 0 bridgehead atoms. The Balaban J connectivity index is 0.00000441. The molecule has 0 radical (unpaired) electrons. The monoisotopic (exact) mass is 328 g/mol. The first kappa shape index (κ1) is 20.4. The average molecular weight is 329 g/mol. The Kier molecular flexibility index (Phi) is 10.2. The smallest absolute Gasteiger partial charge is 0.257 e. The van der Waals surface area contributed by atoms with E-state index in [1.165, 1.54) is 6.92 Å². The maximum Gasteiger partial charge on any atom is 0.257 e. The van der Waals surface area contributed by atoms with Gasteiger partial charge >= 0.3 is 0 Å². The van der Waals surface area contributed by atoms with Gasteiger partial charge in [-0.2, -0.15) is 0 Å². The van der Waals surface area contributed by atoms with Crippen molar-refractivity contribution >= 4 is 24.1 Å². The fraction of sp³-hybridized carbons (Fsp3) is 0.500. The third-order valence-corrected chi connectivity index (χ3v) is 3.28. The molecule has 0 aliphatic rings. The van der Waals surface area contributed by atoms with E-state index in [0.29, 0.717) is 17.9 Å². The highest BCUT2D eigenvalue weighted by molar-refractivity contribution is 5.94. The van der Waals surface area contributed by atoms with Gasteiger partial charge in [-0.3, -0.25) is 9.59 Å². The largest absolute Gasteiger partial charge is 0.484 e. The molecule has 1 N–H and O–H groups in total. The first-order valence-electron chi connectivity index (χ1n) is 7.29. The van der Waals surface area contributed by atoms with Crippen molar-refractivity contribution in [2.75, 3.05) is 32.8 Å². The van der Waals surface area contributed by atoms with Crippen LogP contribution in [0.5, 0.6) is 5.75 Å². The van der Waals surface area contributed by atoms with Gasteiger partial charge in [-0.25, -0.2) is 0 Å². The second-order valence-electron chi connectivity index (χ2n) is 4.75. The Morgan fingerprint density at radius 1 is 1.14 bits per heavy atom. The first-order valence-corrected chi connectivity index (χ1v) is 7.29. The highest BCUT2D eigenvalue weighted by atomic mass is 35.5. The third-order valence-electron chi connectivity index (χ3n) is 3.28. The summed E-state index contributed by atoms with van der Waals surface area (Å²) in [4.78, 5) is 25.0. The predicted octanol–water partition coefficient (Wildman–Crippen LogP) is 2.15. The quantitative estimate of drug-likeness (QED) is 0.706. The summed E-state index contributed by atoms with van der Waals surface area (Å²) >= 11 is 0. The number of nitrogens with one attached hydrogen (secondary N) is 1. The Hall–Kier alpha value is -1.59. The summed E-state index contributed by atoms with van der Waals surface area (Å²) in [5.41, 5.74) is 0.631. The molecule has 0 saturated carbocycles. The molecular weight excluding hydrogens is 304 g/mol. The van der Waals surface area contributed by atoms with Gasteiger partial charge in [0.25, 0.3) is 5.91 Å². The molecule has 22 heavy (non-hydrogen) atoms. The number of nitrogens with zero attached hydrogens (tertiary/aromatic N) is 1. The van der Waals surface area contributed by atoms with Crippen LogP contribution in [0.4, 0.5) is 0 Å². The van der Waals surface area contributed by atoms with Gasteiger partial charge in [-0.1, -0.05) is 13.8 Å². The predicted molar refractivity (Wildman–Crippen MR) is 90.0 cm³/mol. The zero-order valence-corrected chi connectivity index (χ0v) is 14.2. The molecule has 5 nitrogen and oxygen atoms in total. The number of hydrogen-bond donors (Lipinski definition) is 1. The van der Waals surface area contributed by atoms with Crippen molar-refractivity contribution in [2.24, 2.45) is 0 Å². The summed E-state index contributed by atoms with van der Waals surface area (Å²) in [5, 5.41) is 2.82. The summed E-state index contributed by atoms with van der Waals surface area (Å²) in [7, 11) is 0. The number of carbonyl (C=O) groups is 2. The highest BCUT2D eigenvalue weighted by Crippen LogP contribution is 2.12. The molecule has 0 spiro atoms. The van der Waals surface area contributed by atoms with Crippen molar-refractivity contribution in [3.05, 3.63) is 29.8 Å². The minimum Gasteiger partial charge on any atom is -0.484 e. The molecule has 124 valence electrons. The van der Waals surface area contributed by atoms with Crippen LogP contribution in [0.2, 0.25) is 0 Å². The molecular formula is C16H25ClN2O3. The normalized spacial score (nSPS) is 10.0. The molecule has 1 amide bonds. The fourth-order valence-electron chi connectivity index (χ4n) is 1.88. The molecule has 6 heteroatoms. The maximum atomic E-state index is 11.6. The number of amides is 1. The number of ketones is 1. The second kappa shape index (κ2) is 11.0. The molecule has 0 unspecified atom stereocenters. The van der Waals surface area contributed by atoms with Gasteiger partial charge in [0.05, 0.1) is 0 Å². The van der Waals surface area contributed by atoms with E-state index in [4.69, 9.17) is 4.74 Å². The van der Waals surface area contributed by atoms with E-state index in [9.17, 15) is 9.59 Å². The van der Waals surface area contributed by atoms with Gasteiger partial charge in [-0.05, 0) is 44.3 Å². The van der Waals surface area contributed by atoms with Gasteiger partial charge in [0, 0.05) is 18.7 Å². The summed E-state index contributed by atoms with van der Waals surface area (Å²) in [6.07, 6.45) is 0. The SMILES string of the molecule is CCN(CC)CCNC(=O)COc1ccc(C(C)=O)cc1.Cl. The van der Waals surface area contributed by atoms with E-state index < -0.39 is 0 Å². The van der Waals surface area contributed by atoms with E-state index in [2.05, 4.69) is 24.1 Å². The van der Waals surface area contributed by atoms with Gasteiger partial charge in [-0.15, -0.1) is 12.4 Å². The van der Waals surface area contributed by atoms with Gasteiger partial charge in [0.2, 0.25) is 0 Å². The summed E-state index contributed by atoms with van der Waals surface area (Å²) in [6.45, 7) is 9.10. The van der Waals surface area contributed by atoms with Crippen molar-refractivity contribution in [1.82, 2.24) is 10.2 Å². The zero-order chi connectivity index (χ0) is 15.7. The second-order valence-corrected chi connectivity index (χ2v) is 4.75. The summed E-state index contributed by atoms with van der Waals surface area (Å²) in [6, 6.07) is 6.77. The Morgan fingerprint density at radius 2 is 1.73 bits per heavy atom. The maximum absolute atomic E-state index is 11.6. The van der Waals surface area contributed by atoms with Gasteiger partial charge < -0.3 is 15.0 Å². The van der Waals surface area contributed by atoms with Crippen LogP contribution in [0, 0.1) is 0 Å². The highest BCUT2D eigenvalue weighted by Gasteiger charge is 2.05. The molecule has 1 aromatic carbocycles. The molecule has 0 aliphatic carbocycles. The fourth-order valence-corrected chi connectivity index (χ4v) is 1.88. The van der Waals surface area contributed by atoms with E-state index in [1.807, 2.05) is 0 Å². The van der Waals surface area contributed by atoms with E-state index >= 15 is 0 Å². The van der Waals surface area contributed by atoms with Crippen LogP contribution in [0.1, 0.15) is 31.1 Å². The van der Waals surface area contributed by atoms with E-state index in [0.717, 1.165) is 19.6 Å². The summed E-state index contributed by atoms with van der Waals surface area (Å²) in [5.74, 6) is 0.451. The van der Waals surface area contributed by atoms with Crippen LogP contribution in [0.15, 0.2) is 24.3 Å². The van der Waals surface area contributed by atoms with Crippen molar-refractivity contribution in [3.63, 3.8) is 0 Å². The lowest BCUT2D eigenvalue weighted by Gasteiger charge is -2.17. The lowest BCUT2D eigenvalue weighted by Crippen LogP contribution is -2.36. The lowest BCUT2D eigenvalue weighted by atomic mass is 10.1. The van der Waals surface area contributed by atoms with Crippen LogP contribution in [0.25, 0.3) is 0 Å². The number of benzene rings is 1. The average Bonchev–Trinajstić information content (AvgIpc) is 2.50. The van der Waals surface area contributed by atoms with Crippen LogP contribution in [-0.2, 0) is 4.79 Å². The van der Waals surface area contributed by atoms with Crippen LogP contribution < -0.4 is 10.1 Å². The molecule has 0 saturated heterocycles. The molecule has 0 aromatic heterocycles. The number of Topliss-reactive ketones (excluding diaryl/α,β-unsaturated/α-hetero) is 1. The molecule has 0 aliphatic heterocycles. The number of halogens is 1. The van der Waals surface area contributed by atoms with Crippen molar-refractivity contribution in [1.29, 1.82) is 0 Å².